The number of ether oxygens (including phenoxy) is 1. The second-order valence-electron chi connectivity index (χ2n) is 6.19. The highest BCUT2D eigenvalue weighted by molar-refractivity contribution is 6.03. The van der Waals surface area contributed by atoms with Gasteiger partial charge in [0.15, 0.2) is 11.5 Å². The van der Waals surface area contributed by atoms with Crippen molar-refractivity contribution in [2.45, 2.75) is 13.8 Å². The number of hydrogen-bond acceptors (Lipinski definition) is 5. The molecule has 0 saturated carbocycles. The maximum absolute atomic E-state index is 12.5. The molecular formula is C22H26N4O4. The minimum atomic E-state index is -0.449. The van der Waals surface area contributed by atoms with Crippen molar-refractivity contribution in [3.63, 3.8) is 0 Å². The summed E-state index contributed by atoms with van der Waals surface area (Å²) in [6.45, 7) is 4.23. The number of carbonyl (C=O) groups excluding carboxylic acids is 2. The van der Waals surface area contributed by atoms with Gasteiger partial charge >= 0.3 is 0 Å². The van der Waals surface area contributed by atoms with E-state index < -0.39 is 11.8 Å². The normalized spacial score (nSPS) is 11.7. The van der Waals surface area contributed by atoms with E-state index in [9.17, 15) is 9.59 Å². The number of furan rings is 1. The van der Waals surface area contributed by atoms with Crippen molar-refractivity contribution in [1.82, 2.24) is 10.6 Å². The van der Waals surface area contributed by atoms with Gasteiger partial charge in [0, 0.05) is 25.0 Å². The van der Waals surface area contributed by atoms with Gasteiger partial charge < -0.3 is 25.1 Å². The maximum Gasteiger partial charge on any atom is 0.291 e. The number of anilines is 1. The van der Waals surface area contributed by atoms with E-state index in [-0.39, 0.29) is 11.5 Å². The van der Waals surface area contributed by atoms with Crippen molar-refractivity contribution in [2.24, 2.45) is 4.99 Å². The number of rotatable bonds is 9. The second-order valence-corrected chi connectivity index (χ2v) is 6.19. The molecule has 1 aromatic heterocycles. The van der Waals surface area contributed by atoms with E-state index in [2.05, 4.69) is 20.9 Å². The quantitative estimate of drug-likeness (QED) is 0.255. The van der Waals surface area contributed by atoms with Gasteiger partial charge in [0.25, 0.3) is 11.8 Å². The van der Waals surface area contributed by atoms with Crippen LogP contribution in [-0.2, 0) is 0 Å². The van der Waals surface area contributed by atoms with Crippen molar-refractivity contribution < 1.29 is 18.7 Å². The molecule has 0 aliphatic heterocycles. The first-order chi connectivity index (χ1) is 14.5. The zero-order valence-electron chi connectivity index (χ0n) is 17.5. The van der Waals surface area contributed by atoms with Crippen LogP contribution >= 0.6 is 0 Å². The SMILES string of the molecule is C/C=C(\C=C/CNC=NC)NC(=O)c1ccc(C(=O)Nc2ccc(OC)cc2C)o1. The van der Waals surface area contributed by atoms with E-state index in [0.717, 1.165) is 5.56 Å². The second kappa shape index (κ2) is 11.3. The molecule has 0 fully saturated rings. The van der Waals surface area contributed by atoms with E-state index in [4.69, 9.17) is 9.15 Å². The minimum absolute atomic E-state index is 0.0376. The van der Waals surface area contributed by atoms with E-state index in [1.165, 1.54) is 12.1 Å². The minimum Gasteiger partial charge on any atom is -0.497 e. The lowest BCUT2D eigenvalue weighted by Gasteiger charge is -2.08. The Morgan fingerprint density at radius 2 is 1.90 bits per heavy atom. The Bertz CT molecular complexity index is 973. The summed E-state index contributed by atoms with van der Waals surface area (Å²) in [6.07, 6.45) is 6.94. The van der Waals surface area contributed by atoms with Crippen molar-refractivity contribution in [1.29, 1.82) is 0 Å². The summed E-state index contributed by atoms with van der Waals surface area (Å²) >= 11 is 0. The van der Waals surface area contributed by atoms with Crippen LogP contribution in [-0.4, -0.2) is 38.9 Å². The summed E-state index contributed by atoms with van der Waals surface area (Å²) in [5.41, 5.74) is 2.08. The third kappa shape index (κ3) is 6.37. The van der Waals surface area contributed by atoms with Gasteiger partial charge in [-0.25, -0.2) is 0 Å². The van der Waals surface area contributed by atoms with E-state index in [1.807, 2.05) is 19.1 Å². The fraction of sp³-hybridized carbons (Fsp3) is 0.227. The summed E-state index contributed by atoms with van der Waals surface area (Å²) in [7, 11) is 3.25. The molecule has 30 heavy (non-hydrogen) atoms. The zero-order chi connectivity index (χ0) is 21.9. The third-order valence-electron chi connectivity index (χ3n) is 4.06. The zero-order valence-corrected chi connectivity index (χ0v) is 17.5. The lowest BCUT2D eigenvalue weighted by molar-refractivity contribution is 0.0931. The molecule has 1 heterocycles. The summed E-state index contributed by atoms with van der Waals surface area (Å²) < 4.78 is 10.6. The molecule has 0 saturated heterocycles. The molecule has 0 spiro atoms. The van der Waals surface area contributed by atoms with Crippen LogP contribution in [0.1, 0.15) is 33.6 Å². The first-order valence-corrected chi connectivity index (χ1v) is 9.32. The molecule has 8 heteroatoms. The summed E-state index contributed by atoms with van der Waals surface area (Å²) in [5, 5.41) is 8.46. The van der Waals surface area contributed by atoms with Crippen LogP contribution in [0, 0.1) is 6.92 Å². The van der Waals surface area contributed by atoms with Crippen LogP contribution in [0.4, 0.5) is 5.69 Å². The van der Waals surface area contributed by atoms with Crippen LogP contribution in [0.25, 0.3) is 0 Å². The molecule has 0 radical (unpaired) electrons. The summed E-state index contributed by atoms with van der Waals surface area (Å²) in [5.74, 6) is -0.121. The fourth-order valence-electron chi connectivity index (χ4n) is 2.47. The van der Waals surface area contributed by atoms with Crippen molar-refractivity contribution in [3.05, 3.63) is 71.3 Å². The van der Waals surface area contributed by atoms with Crippen molar-refractivity contribution in [2.75, 3.05) is 26.0 Å². The predicted octanol–water partition coefficient (Wildman–Crippen LogP) is 3.29. The van der Waals surface area contributed by atoms with Gasteiger partial charge in [-0.05, 0) is 55.8 Å². The molecule has 2 amide bonds. The van der Waals surface area contributed by atoms with Crippen molar-refractivity contribution in [3.8, 4) is 5.75 Å². The molecule has 0 bridgehead atoms. The lowest BCUT2D eigenvalue weighted by Crippen LogP contribution is -2.21. The predicted molar refractivity (Wildman–Crippen MR) is 117 cm³/mol. The number of amides is 2. The molecule has 0 unspecified atom stereocenters. The molecule has 1 aromatic carbocycles. The first-order valence-electron chi connectivity index (χ1n) is 9.32. The molecule has 8 nitrogen and oxygen atoms in total. The summed E-state index contributed by atoms with van der Waals surface area (Å²) in [6, 6.07) is 8.23. The van der Waals surface area contributed by atoms with Gasteiger partial charge in [0.2, 0.25) is 0 Å². The average molecular weight is 410 g/mol. The van der Waals surface area contributed by atoms with E-state index in [0.29, 0.717) is 23.7 Å². The number of aryl methyl sites for hydroxylation is 1. The van der Waals surface area contributed by atoms with E-state index in [1.54, 1.807) is 51.7 Å². The maximum atomic E-state index is 12.5. The smallest absolute Gasteiger partial charge is 0.291 e. The van der Waals surface area contributed by atoms with Crippen LogP contribution in [0.3, 0.4) is 0 Å². The lowest BCUT2D eigenvalue weighted by atomic mass is 10.2. The summed E-state index contributed by atoms with van der Waals surface area (Å²) in [4.78, 5) is 28.7. The van der Waals surface area contributed by atoms with E-state index >= 15 is 0 Å². The highest BCUT2D eigenvalue weighted by atomic mass is 16.5. The van der Waals surface area contributed by atoms with Gasteiger partial charge in [0.1, 0.15) is 5.75 Å². The highest BCUT2D eigenvalue weighted by Crippen LogP contribution is 2.22. The first kappa shape index (κ1) is 22.5. The number of allylic oxidation sites excluding steroid dienone is 2. The Kier molecular flexibility index (Phi) is 8.43. The van der Waals surface area contributed by atoms with Crippen LogP contribution in [0.2, 0.25) is 0 Å². The van der Waals surface area contributed by atoms with Crippen LogP contribution in [0.15, 0.2) is 63.7 Å². The third-order valence-corrected chi connectivity index (χ3v) is 4.06. The van der Waals surface area contributed by atoms with Gasteiger partial charge in [-0.15, -0.1) is 0 Å². The number of nitrogens with zero attached hydrogens (tertiary/aromatic N) is 1. The number of carbonyl (C=O) groups is 2. The molecule has 158 valence electrons. The largest absolute Gasteiger partial charge is 0.497 e. The van der Waals surface area contributed by atoms with Gasteiger partial charge in [-0.3, -0.25) is 14.6 Å². The monoisotopic (exact) mass is 410 g/mol. The van der Waals surface area contributed by atoms with Crippen LogP contribution in [0.5, 0.6) is 5.75 Å². The number of hydrogen-bond donors (Lipinski definition) is 3. The number of aliphatic imine (C=N–C) groups is 1. The number of benzene rings is 1. The molecule has 0 aliphatic carbocycles. The fourth-order valence-corrected chi connectivity index (χ4v) is 2.47. The highest BCUT2D eigenvalue weighted by Gasteiger charge is 2.17. The Labute approximate surface area is 175 Å². The average Bonchev–Trinajstić information content (AvgIpc) is 3.24. The standard InChI is InChI=1S/C22H26N4O4/c1-5-16(7-6-12-24-14-23-3)25-21(27)19-10-11-20(30-19)22(28)26-18-9-8-17(29-4)13-15(18)2/h5-11,13-14H,12H2,1-4H3,(H,23,24)(H,25,27)(H,26,28)/b7-6-,16-5+. The Morgan fingerprint density at radius 3 is 2.53 bits per heavy atom. The van der Waals surface area contributed by atoms with Gasteiger partial charge in [0.05, 0.1) is 13.4 Å². The Morgan fingerprint density at radius 1 is 1.17 bits per heavy atom. The Hall–Kier alpha value is -3.81. The molecular weight excluding hydrogens is 384 g/mol. The molecule has 0 atom stereocenters. The molecule has 2 aromatic rings. The van der Waals surface area contributed by atoms with Gasteiger partial charge in [-0.2, -0.15) is 0 Å². The molecule has 2 rings (SSSR count). The van der Waals surface area contributed by atoms with Gasteiger partial charge in [-0.1, -0.05) is 12.2 Å². The number of nitrogens with one attached hydrogen (secondary N) is 3. The topological polar surface area (TPSA) is 105 Å². The number of methoxy groups -OCH3 is 1. The molecule has 0 aliphatic rings. The Balaban J connectivity index is 1.99. The van der Waals surface area contributed by atoms with Crippen molar-refractivity contribution >= 4 is 23.8 Å². The molecule has 3 N–H and O–H groups in total. The van der Waals surface area contributed by atoms with Crippen LogP contribution < -0.4 is 20.7 Å².